The zero-order valence-electron chi connectivity index (χ0n) is 8.20. The molecule has 1 saturated heterocycles. The number of nitrogens with zero attached hydrogens (tertiary/aromatic N) is 3. The second-order valence-electron chi connectivity index (χ2n) is 3.27. The molecular formula is C9H17N3O. The van der Waals surface area contributed by atoms with E-state index in [2.05, 4.69) is 15.9 Å². The molecule has 1 fully saturated rings. The molecule has 4 nitrogen and oxygen atoms in total. The minimum absolute atomic E-state index is 0.568. The number of ether oxygens (including phenoxy) is 1. The van der Waals surface area contributed by atoms with E-state index in [9.17, 15) is 0 Å². The van der Waals surface area contributed by atoms with Gasteiger partial charge in [-0.05, 0) is 0 Å². The molecule has 0 unspecified atom stereocenters. The molecule has 0 aromatic heterocycles. The van der Waals surface area contributed by atoms with E-state index in [1.807, 2.05) is 0 Å². The molecule has 0 saturated carbocycles. The number of hydrogen-bond donors (Lipinski definition) is 0. The molecule has 0 atom stereocenters. The highest BCUT2D eigenvalue weighted by Gasteiger charge is 2.15. The van der Waals surface area contributed by atoms with Crippen molar-refractivity contribution in [3.63, 3.8) is 0 Å². The van der Waals surface area contributed by atoms with Gasteiger partial charge in [0.2, 0.25) is 0 Å². The van der Waals surface area contributed by atoms with Gasteiger partial charge >= 0.3 is 0 Å². The van der Waals surface area contributed by atoms with Crippen molar-refractivity contribution in [1.82, 2.24) is 9.80 Å². The molecule has 0 spiro atoms. The average Bonchev–Trinajstić information content (AvgIpc) is 2.17. The SMILES string of the molecule is COCCN1CCN(CC#N)CC1. The summed E-state index contributed by atoms with van der Waals surface area (Å²) in [4.78, 5) is 4.56. The zero-order valence-corrected chi connectivity index (χ0v) is 8.20. The van der Waals surface area contributed by atoms with Gasteiger partial charge in [0.1, 0.15) is 0 Å². The van der Waals surface area contributed by atoms with Gasteiger partial charge in [-0.25, -0.2) is 0 Å². The molecule has 0 amide bonds. The van der Waals surface area contributed by atoms with Crippen LogP contribution in [0, 0.1) is 11.3 Å². The molecule has 4 heteroatoms. The van der Waals surface area contributed by atoms with Crippen LogP contribution in [0.1, 0.15) is 0 Å². The Balaban J connectivity index is 2.12. The van der Waals surface area contributed by atoms with Gasteiger partial charge in [0.15, 0.2) is 0 Å². The largest absolute Gasteiger partial charge is 0.383 e. The predicted octanol–water partition coefficient (Wildman–Crippen LogP) is -0.226. The number of nitriles is 1. The van der Waals surface area contributed by atoms with Crippen LogP contribution >= 0.6 is 0 Å². The highest BCUT2D eigenvalue weighted by Crippen LogP contribution is 1.99. The minimum Gasteiger partial charge on any atom is -0.383 e. The van der Waals surface area contributed by atoms with Crippen LogP contribution in [0.2, 0.25) is 0 Å². The Morgan fingerprint density at radius 2 is 1.85 bits per heavy atom. The second-order valence-corrected chi connectivity index (χ2v) is 3.27. The van der Waals surface area contributed by atoms with E-state index in [-0.39, 0.29) is 0 Å². The standard InChI is InChI=1S/C9H17N3O/c1-13-9-8-12-6-4-11(3-2-10)5-7-12/h3-9H2,1H3. The van der Waals surface area contributed by atoms with E-state index in [1.165, 1.54) is 0 Å². The van der Waals surface area contributed by atoms with E-state index < -0.39 is 0 Å². The van der Waals surface area contributed by atoms with Crippen molar-refractivity contribution in [2.24, 2.45) is 0 Å². The van der Waals surface area contributed by atoms with Crippen LogP contribution in [-0.4, -0.2) is 62.8 Å². The molecule has 0 aromatic carbocycles. The van der Waals surface area contributed by atoms with Crippen molar-refractivity contribution in [2.75, 3.05) is 53.0 Å². The molecule has 1 aliphatic heterocycles. The van der Waals surface area contributed by atoms with E-state index >= 15 is 0 Å². The predicted molar refractivity (Wildman–Crippen MR) is 50.4 cm³/mol. The Hall–Kier alpha value is -0.630. The monoisotopic (exact) mass is 183 g/mol. The first-order valence-corrected chi connectivity index (χ1v) is 4.67. The maximum Gasteiger partial charge on any atom is 0.0866 e. The highest BCUT2D eigenvalue weighted by atomic mass is 16.5. The molecule has 0 aliphatic carbocycles. The maximum absolute atomic E-state index is 8.50. The number of rotatable bonds is 4. The Morgan fingerprint density at radius 3 is 2.38 bits per heavy atom. The van der Waals surface area contributed by atoms with Crippen molar-refractivity contribution in [2.45, 2.75) is 0 Å². The fourth-order valence-electron chi connectivity index (χ4n) is 1.49. The highest BCUT2D eigenvalue weighted by molar-refractivity contribution is 4.80. The van der Waals surface area contributed by atoms with Crippen molar-refractivity contribution < 1.29 is 4.74 Å². The molecule has 0 radical (unpaired) electrons. The topological polar surface area (TPSA) is 39.5 Å². The quantitative estimate of drug-likeness (QED) is 0.565. The van der Waals surface area contributed by atoms with Crippen LogP contribution in [0.4, 0.5) is 0 Å². The van der Waals surface area contributed by atoms with Crippen molar-refractivity contribution in [3.8, 4) is 6.07 Å². The van der Waals surface area contributed by atoms with Crippen molar-refractivity contribution in [1.29, 1.82) is 5.26 Å². The summed E-state index contributed by atoms with van der Waals surface area (Å²) in [6, 6.07) is 2.18. The first-order chi connectivity index (χ1) is 6.36. The van der Waals surface area contributed by atoms with Crippen LogP contribution in [0.3, 0.4) is 0 Å². The van der Waals surface area contributed by atoms with Crippen LogP contribution in [0.5, 0.6) is 0 Å². The van der Waals surface area contributed by atoms with Crippen LogP contribution in [-0.2, 0) is 4.74 Å². The fraction of sp³-hybridized carbons (Fsp3) is 0.889. The molecule has 1 heterocycles. The van der Waals surface area contributed by atoms with Crippen LogP contribution in [0.25, 0.3) is 0 Å². The maximum atomic E-state index is 8.50. The van der Waals surface area contributed by atoms with Gasteiger partial charge in [-0.1, -0.05) is 0 Å². The summed E-state index contributed by atoms with van der Waals surface area (Å²) in [5.74, 6) is 0. The van der Waals surface area contributed by atoms with Gasteiger partial charge in [0.05, 0.1) is 19.2 Å². The second kappa shape index (κ2) is 5.92. The smallest absolute Gasteiger partial charge is 0.0866 e. The van der Waals surface area contributed by atoms with Crippen LogP contribution in [0.15, 0.2) is 0 Å². The minimum atomic E-state index is 0.568. The first kappa shape index (κ1) is 10.5. The number of hydrogen-bond acceptors (Lipinski definition) is 4. The average molecular weight is 183 g/mol. The van der Waals surface area contributed by atoms with E-state index in [0.29, 0.717) is 6.54 Å². The Morgan fingerprint density at radius 1 is 1.23 bits per heavy atom. The van der Waals surface area contributed by atoms with Gasteiger partial charge in [0.25, 0.3) is 0 Å². The first-order valence-electron chi connectivity index (χ1n) is 4.67. The van der Waals surface area contributed by atoms with Crippen LogP contribution < -0.4 is 0 Å². The summed E-state index contributed by atoms with van der Waals surface area (Å²) in [6.07, 6.45) is 0. The third kappa shape index (κ3) is 3.73. The Kier molecular flexibility index (Phi) is 4.76. The van der Waals surface area contributed by atoms with Gasteiger partial charge in [-0.15, -0.1) is 0 Å². The summed E-state index contributed by atoms with van der Waals surface area (Å²) in [6.45, 7) is 6.53. The third-order valence-electron chi connectivity index (χ3n) is 2.37. The van der Waals surface area contributed by atoms with Gasteiger partial charge < -0.3 is 4.74 Å². The van der Waals surface area contributed by atoms with E-state index in [4.69, 9.17) is 10.00 Å². The summed E-state index contributed by atoms with van der Waals surface area (Å²) < 4.78 is 5.01. The molecule has 0 bridgehead atoms. The van der Waals surface area contributed by atoms with Crippen molar-refractivity contribution in [3.05, 3.63) is 0 Å². The Labute approximate surface area is 79.7 Å². The van der Waals surface area contributed by atoms with E-state index in [0.717, 1.165) is 39.3 Å². The lowest BCUT2D eigenvalue weighted by Crippen LogP contribution is -2.47. The molecule has 1 rings (SSSR count). The molecular weight excluding hydrogens is 166 g/mol. The lowest BCUT2D eigenvalue weighted by molar-refractivity contribution is 0.103. The molecule has 13 heavy (non-hydrogen) atoms. The summed E-state index contributed by atoms with van der Waals surface area (Å²) in [5.41, 5.74) is 0. The fourth-order valence-corrected chi connectivity index (χ4v) is 1.49. The lowest BCUT2D eigenvalue weighted by atomic mass is 10.3. The molecule has 0 aromatic rings. The third-order valence-corrected chi connectivity index (χ3v) is 2.37. The zero-order chi connectivity index (χ0) is 9.52. The van der Waals surface area contributed by atoms with Gasteiger partial charge in [0, 0.05) is 39.8 Å². The van der Waals surface area contributed by atoms with Crippen molar-refractivity contribution >= 4 is 0 Å². The van der Waals surface area contributed by atoms with E-state index in [1.54, 1.807) is 7.11 Å². The summed E-state index contributed by atoms with van der Waals surface area (Å²) >= 11 is 0. The van der Waals surface area contributed by atoms with Gasteiger partial charge in [-0.2, -0.15) is 5.26 Å². The molecule has 1 aliphatic rings. The number of piperazine rings is 1. The lowest BCUT2D eigenvalue weighted by Gasteiger charge is -2.33. The Bertz CT molecular complexity index is 170. The summed E-state index contributed by atoms with van der Waals surface area (Å²) in [7, 11) is 1.73. The van der Waals surface area contributed by atoms with Gasteiger partial charge in [-0.3, -0.25) is 9.80 Å². The molecule has 0 N–H and O–H groups in total. The molecule has 74 valence electrons. The number of methoxy groups -OCH3 is 1. The summed E-state index contributed by atoms with van der Waals surface area (Å²) in [5, 5.41) is 8.50. The normalized spacial score (nSPS) is 20.0.